The Hall–Kier alpha value is -3.18. The lowest BCUT2D eigenvalue weighted by atomic mass is 10.1. The minimum absolute atomic E-state index is 0.175. The Labute approximate surface area is 154 Å². The second-order valence-corrected chi connectivity index (χ2v) is 6.31. The van der Waals surface area contributed by atoms with E-state index < -0.39 is 0 Å². The second kappa shape index (κ2) is 6.61. The van der Waals surface area contributed by atoms with Crippen LogP contribution in [-0.2, 0) is 0 Å². The number of aromatic nitrogens is 4. The number of halogens is 1. The van der Waals surface area contributed by atoms with Gasteiger partial charge in [-0.25, -0.2) is 0 Å². The maximum atomic E-state index is 12.8. The van der Waals surface area contributed by atoms with Crippen LogP contribution in [0.25, 0.3) is 29.1 Å². The summed E-state index contributed by atoms with van der Waals surface area (Å²) < 4.78 is 1.40. The van der Waals surface area contributed by atoms with E-state index in [-0.39, 0.29) is 5.56 Å². The third-order valence-electron chi connectivity index (χ3n) is 4.15. The predicted octanol–water partition coefficient (Wildman–Crippen LogP) is 4.19. The fraction of sp³-hybridized carbons (Fsp3) is 0.0500. The smallest absolute Gasteiger partial charge is 0.282 e. The standard InChI is InChI=1S/C20H15ClN4O/c1-13-17(10-7-15-4-2-3-11-22-15)19-18(12-23-13)20(26)25(24-19)16-8-5-14(21)6-9-16/h2-12,23H,1H3. The zero-order valence-electron chi connectivity index (χ0n) is 14.0. The maximum absolute atomic E-state index is 12.8. The summed E-state index contributed by atoms with van der Waals surface area (Å²) >= 11 is 5.94. The van der Waals surface area contributed by atoms with Crippen LogP contribution in [0.1, 0.15) is 17.0 Å². The van der Waals surface area contributed by atoms with E-state index in [2.05, 4.69) is 15.1 Å². The monoisotopic (exact) mass is 362 g/mol. The van der Waals surface area contributed by atoms with Crippen LogP contribution in [0.4, 0.5) is 0 Å². The SMILES string of the molecule is Cc1[nH]cc2c(=O)n(-c3ccc(Cl)cc3)nc-2c1C=Cc1ccccn1. The highest BCUT2D eigenvalue weighted by atomic mass is 35.5. The lowest BCUT2D eigenvalue weighted by molar-refractivity contribution is 0.857. The van der Waals surface area contributed by atoms with Gasteiger partial charge in [-0.3, -0.25) is 9.78 Å². The molecule has 2 aliphatic heterocycles. The first-order chi connectivity index (χ1) is 12.6. The molecule has 26 heavy (non-hydrogen) atoms. The number of hydrogen-bond donors (Lipinski definition) is 1. The molecule has 6 heteroatoms. The fourth-order valence-electron chi connectivity index (χ4n) is 2.78. The van der Waals surface area contributed by atoms with Gasteiger partial charge in [-0.2, -0.15) is 9.78 Å². The number of benzene rings is 1. The van der Waals surface area contributed by atoms with E-state index in [0.717, 1.165) is 17.0 Å². The molecule has 0 unspecified atom stereocenters. The van der Waals surface area contributed by atoms with Gasteiger partial charge < -0.3 is 4.98 Å². The summed E-state index contributed by atoms with van der Waals surface area (Å²) in [6.07, 6.45) is 7.27. The quantitative estimate of drug-likeness (QED) is 0.594. The minimum Gasteiger partial charge on any atom is -0.364 e. The Bertz CT molecular complexity index is 1110. The fourth-order valence-corrected chi connectivity index (χ4v) is 2.91. The number of nitrogens with zero attached hydrogens (tertiary/aromatic N) is 3. The molecule has 1 aromatic carbocycles. The first-order valence-corrected chi connectivity index (χ1v) is 8.47. The van der Waals surface area contributed by atoms with Gasteiger partial charge in [0, 0.05) is 28.7 Å². The molecule has 128 valence electrons. The summed E-state index contributed by atoms with van der Waals surface area (Å²) in [4.78, 5) is 20.2. The van der Waals surface area contributed by atoms with Gasteiger partial charge in [0.15, 0.2) is 0 Å². The van der Waals surface area contributed by atoms with E-state index in [9.17, 15) is 4.79 Å². The zero-order chi connectivity index (χ0) is 18.1. The summed E-state index contributed by atoms with van der Waals surface area (Å²) in [6.45, 7) is 1.95. The van der Waals surface area contributed by atoms with Gasteiger partial charge >= 0.3 is 0 Å². The number of H-pyrrole nitrogens is 1. The second-order valence-electron chi connectivity index (χ2n) is 5.87. The molecule has 0 atom stereocenters. The molecule has 0 saturated heterocycles. The number of hydrogen-bond acceptors (Lipinski definition) is 3. The lowest BCUT2D eigenvalue weighted by Crippen LogP contribution is -2.14. The first kappa shape index (κ1) is 16.3. The molecular weight excluding hydrogens is 348 g/mol. The average Bonchev–Trinajstić information content (AvgIpc) is 2.99. The molecule has 1 N–H and O–H groups in total. The van der Waals surface area contributed by atoms with Crippen molar-refractivity contribution in [2.45, 2.75) is 6.92 Å². The third-order valence-corrected chi connectivity index (χ3v) is 4.40. The van der Waals surface area contributed by atoms with Gasteiger partial charge in [-0.15, -0.1) is 0 Å². The van der Waals surface area contributed by atoms with Crippen molar-refractivity contribution in [3.05, 3.63) is 87.2 Å². The van der Waals surface area contributed by atoms with E-state index in [4.69, 9.17) is 11.6 Å². The van der Waals surface area contributed by atoms with Crippen LogP contribution >= 0.6 is 11.6 Å². The van der Waals surface area contributed by atoms with Gasteiger partial charge in [0.2, 0.25) is 0 Å². The summed E-state index contributed by atoms with van der Waals surface area (Å²) in [5.74, 6) is 0. The van der Waals surface area contributed by atoms with Gasteiger partial charge in [0.05, 0.1) is 16.9 Å². The van der Waals surface area contributed by atoms with E-state index >= 15 is 0 Å². The molecule has 0 amide bonds. The highest BCUT2D eigenvalue weighted by Crippen LogP contribution is 2.25. The largest absolute Gasteiger partial charge is 0.364 e. The number of aryl methyl sites for hydroxylation is 1. The Morgan fingerprint density at radius 3 is 2.65 bits per heavy atom. The van der Waals surface area contributed by atoms with Crippen LogP contribution in [-0.4, -0.2) is 19.7 Å². The molecule has 0 spiro atoms. The zero-order valence-corrected chi connectivity index (χ0v) is 14.7. The van der Waals surface area contributed by atoms with E-state index in [1.54, 1.807) is 36.7 Å². The van der Waals surface area contributed by atoms with Crippen molar-refractivity contribution in [3.8, 4) is 16.9 Å². The molecule has 1 aromatic heterocycles. The van der Waals surface area contributed by atoms with E-state index in [0.29, 0.717) is 22.0 Å². The Morgan fingerprint density at radius 1 is 1.12 bits per heavy atom. The molecular formula is C20H15ClN4O. The van der Waals surface area contributed by atoms with Crippen LogP contribution in [0.5, 0.6) is 0 Å². The van der Waals surface area contributed by atoms with Crippen molar-refractivity contribution in [1.29, 1.82) is 0 Å². The first-order valence-electron chi connectivity index (χ1n) is 8.09. The van der Waals surface area contributed by atoms with E-state index in [1.165, 1.54) is 4.68 Å². The van der Waals surface area contributed by atoms with Gasteiger partial charge in [-0.05, 0) is 55.5 Å². The molecule has 0 bridgehead atoms. The van der Waals surface area contributed by atoms with Crippen LogP contribution in [0, 0.1) is 6.92 Å². The van der Waals surface area contributed by atoms with E-state index in [1.807, 2.05) is 37.3 Å². The number of pyridine rings is 2. The van der Waals surface area contributed by atoms with Crippen molar-refractivity contribution in [3.63, 3.8) is 0 Å². The Balaban J connectivity index is 1.85. The number of rotatable bonds is 3. The molecule has 4 rings (SSSR count). The summed E-state index contributed by atoms with van der Waals surface area (Å²) in [5, 5.41) is 5.17. The van der Waals surface area contributed by atoms with Crippen LogP contribution in [0.3, 0.4) is 0 Å². The Morgan fingerprint density at radius 2 is 1.92 bits per heavy atom. The van der Waals surface area contributed by atoms with Gasteiger partial charge in [0.1, 0.15) is 5.69 Å². The molecule has 0 fully saturated rings. The molecule has 2 aliphatic rings. The summed E-state index contributed by atoms with van der Waals surface area (Å²) in [5.41, 5.74) is 4.30. The van der Waals surface area contributed by atoms with Crippen molar-refractivity contribution in [2.24, 2.45) is 0 Å². The summed E-state index contributed by atoms with van der Waals surface area (Å²) in [6, 6.07) is 12.7. The van der Waals surface area contributed by atoms with Crippen molar-refractivity contribution in [2.75, 3.05) is 0 Å². The number of nitrogens with one attached hydrogen (secondary N) is 1. The maximum Gasteiger partial charge on any atom is 0.282 e. The number of fused-ring (bicyclic) bond motifs is 1. The highest BCUT2D eigenvalue weighted by Gasteiger charge is 2.20. The molecule has 3 heterocycles. The normalized spacial score (nSPS) is 11.5. The highest BCUT2D eigenvalue weighted by molar-refractivity contribution is 6.30. The van der Waals surface area contributed by atoms with Gasteiger partial charge in [-0.1, -0.05) is 17.7 Å². The Kier molecular flexibility index (Phi) is 4.14. The van der Waals surface area contributed by atoms with Crippen LogP contribution < -0.4 is 5.56 Å². The van der Waals surface area contributed by atoms with Crippen LogP contribution in [0.2, 0.25) is 5.02 Å². The molecule has 0 radical (unpaired) electrons. The van der Waals surface area contributed by atoms with Crippen LogP contribution in [0.15, 0.2) is 59.7 Å². The average molecular weight is 363 g/mol. The summed E-state index contributed by atoms with van der Waals surface area (Å²) in [7, 11) is 0. The van der Waals surface area contributed by atoms with Crippen molar-refractivity contribution in [1.82, 2.24) is 19.7 Å². The molecule has 0 saturated carbocycles. The molecule has 0 aliphatic carbocycles. The van der Waals surface area contributed by atoms with Crippen molar-refractivity contribution >= 4 is 23.8 Å². The molecule has 5 nitrogen and oxygen atoms in total. The molecule has 2 aromatic rings. The van der Waals surface area contributed by atoms with Gasteiger partial charge in [0.25, 0.3) is 5.56 Å². The lowest BCUT2D eigenvalue weighted by Gasteiger charge is -2.05. The third kappa shape index (κ3) is 2.93. The minimum atomic E-state index is -0.175. The number of aromatic amines is 1. The van der Waals surface area contributed by atoms with Crippen molar-refractivity contribution < 1.29 is 0 Å². The predicted molar refractivity (Wildman–Crippen MR) is 104 cm³/mol. The topological polar surface area (TPSA) is 63.6 Å².